The van der Waals surface area contributed by atoms with Gasteiger partial charge >= 0.3 is 0 Å². The lowest BCUT2D eigenvalue weighted by Crippen LogP contribution is -2.36. The summed E-state index contributed by atoms with van der Waals surface area (Å²) in [5, 5.41) is 32.2. The molecule has 1 saturated carbocycles. The molecule has 10 heteroatoms. The number of carbonyl (C=O) groups excluding carboxylic acids is 1. The minimum absolute atomic E-state index is 0.0753. The van der Waals surface area contributed by atoms with E-state index in [4.69, 9.17) is 15.9 Å². The van der Waals surface area contributed by atoms with Crippen LogP contribution in [0.5, 0.6) is 0 Å². The van der Waals surface area contributed by atoms with Gasteiger partial charge < -0.3 is 26.6 Å². The predicted molar refractivity (Wildman–Crippen MR) is 149 cm³/mol. The first-order valence-electron chi connectivity index (χ1n) is 12.5. The molecule has 1 amide bonds. The Morgan fingerprint density at radius 3 is 2.56 bits per heavy atom. The molecule has 1 fully saturated rings. The summed E-state index contributed by atoms with van der Waals surface area (Å²) in [4.78, 5) is 28.3. The van der Waals surface area contributed by atoms with Crippen LogP contribution in [0.1, 0.15) is 65.9 Å². The molecule has 36 heavy (non-hydrogen) atoms. The number of hydrogen-bond donors (Lipinski definition) is 5. The fourth-order valence-corrected chi connectivity index (χ4v) is 3.89. The number of aliphatic hydroxyl groups is 1. The summed E-state index contributed by atoms with van der Waals surface area (Å²) in [6.07, 6.45) is 12.0. The number of nitrogens with zero attached hydrogens (tertiary/aromatic N) is 3. The lowest BCUT2D eigenvalue weighted by Gasteiger charge is -2.33. The first kappa shape index (κ1) is 32.9. The highest BCUT2D eigenvalue weighted by molar-refractivity contribution is 5.87. The molecule has 0 bridgehead atoms. The Bertz CT molecular complexity index is 936. The number of amides is 1. The largest absolute Gasteiger partial charge is 0.394 e. The highest BCUT2D eigenvalue weighted by Crippen LogP contribution is 2.37. The molecule has 5 N–H and O–H groups in total. The third kappa shape index (κ3) is 12.5. The molecular weight excluding hydrogens is 458 g/mol. The molecule has 1 heterocycles. The van der Waals surface area contributed by atoms with E-state index in [9.17, 15) is 9.59 Å². The van der Waals surface area contributed by atoms with Gasteiger partial charge in [-0.05, 0) is 35.8 Å². The van der Waals surface area contributed by atoms with Gasteiger partial charge in [0.05, 0.1) is 30.6 Å². The molecule has 0 spiro atoms. The van der Waals surface area contributed by atoms with E-state index in [0.29, 0.717) is 16.7 Å². The lowest BCUT2D eigenvalue weighted by molar-refractivity contribution is -0.121. The van der Waals surface area contributed by atoms with Gasteiger partial charge in [0.1, 0.15) is 6.54 Å². The minimum Gasteiger partial charge on any atom is -0.394 e. The van der Waals surface area contributed by atoms with Crippen LogP contribution >= 0.6 is 0 Å². The van der Waals surface area contributed by atoms with Gasteiger partial charge in [-0.1, -0.05) is 47.5 Å². The van der Waals surface area contributed by atoms with E-state index in [1.807, 2.05) is 13.8 Å². The van der Waals surface area contributed by atoms with E-state index in [-0.39, 0.29) is 31.8 Å². The summed E-state index contributed by atoms with van der Waals surface area (Å²) in [6.45, 7) is 11.0. The van der Waals surface area contributed by atoms with Crippen LogP contribution in [0, 0.1) is 22.2 Å². The van der Waals surface area contributed by atoms with Crippen molar-refractivity contribution in [2.24, 2.45) is 16.3 Å². The highest BCUT2D eigenvalue weighted by atomic mass is 16.3. The Morgan fingerprint density at radius 2 is 2.06 bits per heavy atom. The van der Waals surface area contributed by atoms with Crippen LogP contribution < -0.4 is 16.2 Å². The monoisotopic (exact) mass is 503 g/mol. The van der Waals surface area contributed by atoms with Crippen LogP contribution in [0.2, 0.25) is 0 Å². The normalized spacial score (nSPS) is 16.6. The van der Waals surface area contributed by atoms with Gasteiger partial charge in [-0.25, -0.2) is 4.68 Å². The number of aliphatic hydroxyl groups excluding tert-OH is 1. The first-order chi connectivity index (χ1) is 17.2. The molecule has 0 aromatic carbocycles. The fraction of sp³-hybridized carbons (Fsp3) is 0.615. The van der Waals surface area contributed by atoms with Crippen molar-refractivity contribution in [1.29, 1.82) is 10.8 Å². The van der Waals surface area contributed by atoms with Crippen molar-refractivity contribution in [2.75, 3.05) is 32.1 Å². The number of carbonyl (C=O) groups is 1. The molecule has 2 rings (SSSR count). The van der Waals surface area contributed by atoms with Gasteiger partial charge in [0.15, 0.2) is 0 Å². The molecular formula is C26H45N7O3. The van der Waals surface area contributed by atoms with Gasteiger partial charge in [0.2, 0.25) is 5.91 Å². The van der Waals surface area contributed by atoms with Crippen LogP contribution in [0.25, 0.3) is 0 Å². The summed E-state index contributed by atoms with van der Waals surface area (Å²) in [5.41, 5.74) is 1.31. The fourth-order valence-electron chi connectivity index (χ4n) is 3.89. The Hall–Kier alpha value is -3.14. The Balaban J connectivity index is 0.000000922. The molecule has 1 aromatic rings. The lowest BCUT2D eigenvalue weighted by atomic mass is 9.73. The Morgan fingerprint density at radius 1 is 1.36 bits per heavy atom. The molecule has 10 nitrogen and oxygen atoms in total. The molecule has 202 valence electrons. The molecule has 1 aliphatic carbocycles. The maximum atomic E-state index is 12.4. The van der Waals surface area contributed by atoms with Crippen molar-refractivity contribution in [3.8, 4) is 0 Å². The highest BCUT2D eigenvalue weighted by Gasteiger charge is 2.24. The standard InChI is InChI=1S/C15H21N7O3.C9H18.C2H6/c1-18-13-9-21-22(15(25)12(13)8-19-4-5-23)10-14(24)20-7-11(6-17)2-3-16;1-8-5-4-6-9(2,3)7-8;1-2/h2-3,6,8-9,16-18,23H,4-5,7,10H2,1H3,(H,20,24);8H,4-7H2,1-3H3;1-2H3/b11-2+,16-3?,17-6?,19-8?;;/t;8-;/m.0./s1. The molecule has 1 atom stereocenters. The van der Waals surface area contributed by atoms with Gasteiger partial charge in [0.25, 0.3) is 5.56 Å². The maximum Gasteiger partial charge on any atom is 0.278 e. The van der Waals surface area contributed by atoms with Gasteiger partial charge in [-0.2, -0.15) is 5.10 Å². The zero-order chi connectivity index (χ0) is 27.6. The average molecular weight is 504 g/mol. The number of nitrogens with one attached hydrogen (secondary N) is 4. The quantitative estimate of drug-likeness (QED) is 0.310. The minimum atomic E-state index is -0.494. The van der Waals surface area contributed by atoms with Crippen molar-refractivity contribution in [3.63, 3.8) is 0 Å². The molecule has 0 unspecified atom stereocenters. The second kappa shape index (κ2) is 18.2. The number of allylic oxidation sites excluding steroid dienone is 1. The predicted octanol–water partition coefficient (Wildman–Crippen LogP) is 3.29. The molecule has 1 aliphatic rings. The van der Waals surface area contributed by atoms with Crippen molar-refractivity contribution >= 4 is 30.2 Å². The third-order valence-electron chi connectivity index (χ3n) is 5.52. The number of aliphatic imine (C=N–C) groups is 1. The van der Waals surface area contributed by atoms with Crippen LogP contribution in [-0.2, 0) is 11.3 Å². The van der Waals surface area contributed by atoms with Gasteiger partial charge in [-0.15, -0.1) is 0 Å². The van der Waals surface area contributed by atoms with Gasteiger partial charge in [-0.3, -0.25) is 14.6 Å². The summed E-state index contributed by atoms with van der Waals surface area (Å²) >= 11 is 0. The average Bonchev–Trinajstić information content (AvgIpc) is 2.85. The Kier molecular flexibility index (Phi) is 16.6. The summed E-state index contributed by atoms with van der Waals surface area (Å²) in [7, 11) is 1.63. The Labute approximate surface area is 215 Å². The van der Waals surface area contributed by atoms with Crippen molar-refractivity contribution in [3.05, 3.63) is 33.8 Å². The van der Waals surface area contributed by atoms with E-state index >= 15 is 0 Å². The number of rotatable bonds is 10. The molecule has 0 aliphatic heterocycles. The van der Waals surface area contributed by atoms with E-state index in [1.165, 1.54) is 44.2 Å². The maximum absolute atomic E-state index is 12.4. The van der Waals surface area contributed by atoms with Crippen LogP contribution in [0.15, 0.2) is 27.6 Å². The number of anilines is 1. The number of aromatic nitrogens is 2. The molecule has 0 radical (unpaired) electrons. The SMILES string of the molecule is CC.CNc1cnn(CC(=O)NC/C(C=N)=C/C=N)c(=O)c1C=NCCO.C[C@H]1CCCC(C)(C)C1. The van der Waals surface area contributed by atoms with Crippen molar-refractivity contribution in [2.45, 2.75) is 66.8 Å². The van der Waals surface area contributed by atoms with Crippen molar-refractivity contribution in [1.82, 2.24) is 15.1 Å². The second-order valence-corrected chi connectivity index (χ2v) is 9.14. The zero-order valence-electron chi connectivity index (χ0n) is 22.7. The smallest absolute Gasteiger partial charge is 0.278 e. The topological polar surface area (TPSA) is 156 Å². The first-order valence-corrected chi connectivity index (χ1v) is 12.5. The van der Waals surface area contributed by atoms with Crippen LogP contribution in [-0.4, -0.2) is 66.2 Å². The third-order valence-corrected chi connectivity index (χ3v) is 5.52. The van der Waals surface area contributed by atoms with Gasteiger partial charge in [0, 0.05) is 32.2 Å². The second-order valence-electron chi connectivity index (χ2n) is 9.14. The van der Waals surface area contributed by atoms with E-state index in [0.717, 1.165) is 23.0 Å². The summed E-state index contributed by atoms with van der Waals surface area (Å²) in [6, 6.07) is 0. The molecule has 0 saturated heterocycles. The van der Waals surface area contributed by atoms with E-state index in [1.54, 1.807) is 7.05 Å². The van der Waals surface area contributed by atoms with E-state index < -0.39 is 11.5 Å². The van der Waals surface area contributed by atoms with Crippen LogP contribution in [0.4, 0.5) is 5.69 Å². The number of hydrogen-bond acceptors (Lipinski definition) is 8. The van der Waals surface area contributed by atoms with Crippen LogP contribution in [0.3, 0.4) is 0 Å². The molecule has 1 aromatic heterocycles. The van der Waals surface area contributed by atoms with E-state index in [2.05, 4.69) is 41.5 Å². The summed E-state index contributed by atoms with van der Waals surface area (Å²) < 4.78 is 1.00. The zero-order valence-corrected chi connectivity index (χ0v) is 22.7. The summed E-state index contributed by atoms with van der Waals surface area (Å²) in [5.74, 6) is 0.525. The van der Waals surface area contributed by atoms with Crippen molar-refractivity contribution < 1.29 is 9.90 Å².